The summed E-state index contributed by atoms with van der Waals surface area (Å²) < 4.78 is 0. The Bertz CT molecular complexity index is 1390. The van der Waals surface area contributed by atoms with Crippen molar-refractivity contribution in [1.29, 1.82) is 5.26 Å². The van der Waals surface area contributed by atoms with E-state index in [4.69, 9.17) is 0 Å². The van der Waals surface area contributed by atoms with E-state index in [1.807, 2.05) is 4.90 Å². The highest BCUT2D eigenvalue weighted by atomic mass is 32.1. The number of allylic oxidation sites excluding steroid dienone is 3. The molecule has 0 bridgehead atoms. The number of non-ortho nitro benzene ring substituents is 1. The summed E-state index contributed by atoms with van der Waals surface area (Å²) in [6, 6.07) is 8.24. The Hall–Kier alpha value is -3.77. The van der Waals surface area contributed by atoms with Crippen molar-refractivity contribution >= 4 is 33.7 Å². The van der Waals surface area contributed by atoms with Crippen molar-refractivity contribution in [2.75, 3.05) is 4.90 Å². The molecule has 2 aliphatic carbocycles. The second-order valence-electron chi connectivity index (χ2n) is 8.97. The molecule has 0 saturated heterocycles. The first kappa shape index (κ1) is 20.8. The number of nitro groups is 1. The van der Waals surface area contributed by atoms with Crippen LogP contribution in [-0.4, -0.2) is 16.6 Å². The van der Waals surface area contributed by atoms with Gasteiger partial charge in [-0.2, -0.15) is 5.26 Å². The monoisotopic (exact) mass is 472 g/mol. The largest absolute Gasteiger partial charge is 0.307 e. The number of nitriles is 1. The van der Waals surface area contributed by atoms with Gasteiger partial charge in [0.1, 0.15) is 10.8 Å². The molecule has 0 spiro atoms. The fourth-order valence-corrected chi connectivity index (χ4v) is 7.06. The van der Waals surface area contributed by atoms with Crippen molar-refractivity contribution in [3.8, 4) is 6.07 Å². The van der Waals surface area contributed by atoms with Gasteiger partial charge in [-0.3, -0.25) is 24.6 Å². The average Bonchev–Trinajstić information content (AvgIpc) is 3.23. The second-order valence-corrected chi connectivity index (χ2v) is 10.1. The van der Waals surface area contributed by atoms with Crippen LogP contribution in [0.2, 0.25) is 0 Å². The normalized spacial score (nSPS) is 21.3. The molecule has 0 fully saturated rings. The molecule has 3 heterocycles. The number of carbonyl (C=O) groups excluding carboxylic acids is 2. The minimum absolute atomic E-state index is 0.0174. The lowest BCUT2D eigenvalue weighted by Gasteiger charge is -2.42. The quantitative estimate of drug-likeness (QED) is 0.503. The van der Waals surface area contributed by atoms with Crippen molar-refractivity contribution < 1.29 is 14.5 Å². The number of carbonyl (C=O) groups is 2. The van der Waals surface area contributed by atoms with Crippen LogP contribution in [0.25, 0.3) is 0 Å². The van der Waals surface area contributed by atoms with Gasteiger partial charge in [0.05, 0.1) is 28.0 Å². The summed E-state index contributed by atoms with van der Waals surface area (Å²) in [6.45, 7) is 0. The molecule has 1 atom stereocenters. The second kappa shape index (κ2) is 7.64. The van der Waals surface area contributed by atoms with Gasteiger partial charge in [-0.1, -0.05) is 12.1 Å². The van der Waals surface area contributed by atoms with Gasteiger partial charge in [-0.15, -0.1) is 11.3 Å². The first-order valence-electron chi connectivity index (χ1n) is 11.4. The number of ketones is 1. The third kappa shape index (κ3) is 2.88. The van der Waals surface area contributed by atoms with Gasteiger partial charge < -0.3 is 5.32 Å². The number of nitrogens with zero attached hydrogens (tertiary/aromatic N) is 3. The first-order valence-corrected chi connectivity index (χ1v) is 12.2. The number of nitrogens with one attached hydrogen (secondary N) is 1. The summed E-state index contributed by atoms with van der Waals surface area (Å²) in [7, 11) is 0. The number of amides is 1. The van der Waals surface area contributed by atoms with Crippen LogP contribution in [0.1, 0.15) is 64.4 Å². The van der Waals surface area contributed by atoms with Crippen molar-refractivity contribution in [2.24, 2.45) is 0 Å². The van der Waals surface area contributed by atoms with Crippen LogP contribution < -0.4 is 10.2 Å². The molecule has 170 valence electrons. The highest BCUT2D eigenvalue weighted by Crippen LogP contribution is 2.52. The number of rotatable bonds is 2. The van der Waals surface area contributed by atoms with Gasteiger partial charge in [0, 0.05) is 34.7 Å². The molecule has 9 heteroatoms. The topological polar surface area (TPSA) is 116 Å². The van der Waals surface area contributed by atoms with E-state index < -0.39 is 10.8 Å². The summed E-state index contributed by atoms with van der Waals surface area (Å²) in [5.74, 6) is -0.482. The standard InChI is InChI=1S/C25H20N4O4S/c26-12-16-20(13-8-10-14(11-9-13)29(32)33)22-17(5-3-6-18(22)30)28-23(16)27-24(31)21-15-4-1-2-7-19(15)34-25(21)28/h8-11,20H,1-7H2,(H,27,31). The van der Waals surface area contributed by atoms with E-state index in [9.17, 15) is 25.0 Å². The average molecular weight is 473 g/mol. The van der Waals surface area contributed by atoms with Crippen LogP contribution in [0.4, 0.5) is 10.7 Å². The van der Waals surface area contributed by atoms with Crippen molar-refractivity contribution in [1.82, 2.24) is 5.32 Å². The maximum atomic E-state index is 13.3. The predicted molar refractivity (Wildman–Crippen MR) is 125 cm³/mol. The Labute approximate surface area is 199 Å². The molecule has 1 unspecified atom stereocenters. The van der Waals surface area contributed by atoms with Crippen LogP contribution in [0.3, 0.4) is 0 Å². The lowest BCUT2D eigenvalue weighted by atomic mass is 9.75. The van der Waals surface area contributed by atoms with E-state index in [-0.39, 0.29) is 23.0 Å². The smallest absolute Gasteiger partial charge is 0.269 e. The molecule has 2 aliphatic heterocycles. The lowest BCUT2D eigenvalue weighted by Crippen LogP contribution is -2.46. The van der Waals surface area contributed by atoms with E-state index in [0.29, 0.717) is 41.8 Å². The molecule has 1 aromatic carbocycles. The molecule has 8 nitrogen and oxygen atoms in total. The summed E-state index contributed by atoms with van der Waals surface area (Å²) in [5.41, 5.74) is 4.02. The zero-order valence-electron chi connectivity index (χ0n) is 18.2. The molecular formula is C25H20N4O4S. The van der Waals surface area contributed by atoms with E-state index in [2.05, 4.69) is 11.4 Å². The predicted octanol–water partition coefficient (Wildman–Crippen LogP) is 4.62. The van der Waals surface area contributed by atoms with Crippen molar-refractivity contribution in [3.63, 3.8) is 0 Å². The molecule has 1 amide bonds. The number of thiophene rings is 1. The lowest BCUT2D eigenvalue weighted by molar-refractivity contribution is -0.384. The van der Waals surface area contributed by atoms with E-state index in [1.165, 1.54) is 17.0 Å². The molecule has 4 aliphatic rings. The maximum absolute atomic E-state index is 13.3. The number of nitro benzene ring substituents is 1. The van der Waals surface area contributed by atoms with E-state index >= 15 is 0 Å². The number of hydrogen-bond acceptors (Lipinski definition) is 7. The molecule has 0 radical (unpaired) electrons. The summed E-state index contributed by atoms with van der Waals surface area (Å²) in [6.07, 6.45) is 5.69. The van der Waals surface area contributed by atoms with E-state index in [0.717, 1.165) is 41.9 Å². The number of aryl methyl sites for hydroxylation is 1. The Morgan fingerprint density at radius 3 is 2.59 bits per heavy atom. The van der Waals surface area contributed by atoms with Gasteiger partial charge >= 0.3 is 0 Å². The summed E-state index contributed by atoms with van der Waals surface area (Å²) in [5, 5.41) is 25.2. The Kier molecular flexibility index (Phi) is 4.67. The van der Waals surface area contributed by atoms with Crippen molar-refractivity contribution in [3.05, 3.63) is 78.6 Å². The summed E-state index contributed by atoms with van der Waals surface area (Å²) >= 11 is 1.60. The van der Waals surface area contributed by atoms with Crippen molar-refractivity contribution in [2.45, 2.75) is 50.9 Å². The molecule has 1 N–H and O–H groups in total. The first-order chi connectivity index (χ1) is 16.5. The van der Waals surface area contributed by atoms with Crippen LogP contribution in [0.5, 0.6) is 0 Å². The SMILES string of the molecule is N#CC1=C2NC(=O)c3c(sc4c3CCCC4)N2C2=C(C(=O)CCC2)C1c1ccc([N+](=O)[O-])cc1. The molecule has 0 saturated carbocycles. The summed E-state index contributed by atoms with van der Waals surface area (Å²) in [4.78, 5) is 40.4. The maximum Gasteiger partial charge on any atom is 0.269 e. The Balaban J connectivity index is 1.59. The minimum Gasteiger partial charge on any atom is -0.307 e. The number of anilines is 1. The highest BCUT2D eigenvalue weighted by molar-refractivity contribution is 7.17. The Morgan fingerprint density at radius 2 is 1.85 bits per heavy atom. The zero-order chi connectivity index (χ0) is 23.6. The zero-order valence-corrected chi connectivity index (χ0v) is 19.0. The highest BCUT2D eigenvalue weighted by Gasteiger charge is 2.46. The van der Waals surface area contributed by atoms with Gasteiger partial charge in [0.2, 0.25) is 0 Å². The number of fused-ring (bicyclic) bond motifs is 6. The van der Waals surface area contributed by atoms with Crippen LogP contribution >= 0.6 is 11.3 Å². The molecule has 34 heavy (non-hydrogen) atoms. The molecular weight excluding hydrogens is 452 g/mol. The van der Waals surface area contributed by atoms with Crippen LogP contribution in [-0.2, 0) is 17.6 Å². The van der Waals surface area contributed by atoms with Gasteiger partial charge in [0.15, 0.2) is 5.78 Å². The number of hydrogen-bond donors (Lipinski definition) is 1. The van der Waals surface area contributed by atoms with Gasteiger partial charge in [0.25, 0.3) is 11.6 Å². The fourth-order valence-electron chi connectivity index (χ4n) is 5.64. The molecule has 2 aromatic rings. The third-order valence-electron chi connectivity index (χ3n) is 7.13. The Morgan fingerprint density at radius 1 is 1.09 bits per heavy atom. The van der Waals surface area contributed by atoms with Crippen LogP contribution in [0.15, 0.2) is 46.9 Å². The van der Waals surface area contributed by atoms with Crippen LogP contribution in [0, 0.1) is 21.4 Å². The fraction of sp³-hybridized carbons (Fsp3) is 0.320. The number of benzene rings is 1. The van der Waals surface area contributed by atoms with Gasteiger partial charge in [-0.25, -0.2) is 0 Å². The number of Topliss-reactive ketones (excluding diaryl/α,β-unsaturated/α-hetero) is 1. The molecule has 6 rings (SSSR count). The third-order valence-corrected chi connectivity index (χ3v) is 8.40. The minimum atomic E-state index is -0.670. The van der Waals surface area contributed by atoms with E-state index in [1.54, 1.807) is 23.5 Å². The van der Waals surface area contributed by atoms with Gasteiger partial charge in [-0.05, 0) is 49.7 Å². The molecule has 1 aromatic heterocycles.